The molecule has 2 rings (SSSR count). The third-order valence-corrected chi connectivity index (χ3v) is 3.55. The number of aliphatic hydroxyl groups excluding tert-OH is 1. The highest BCUT2D eigenvalue weighted by molar-refractivity contribution is 6.35. The maximum absolute atomic E-state index is 11.7. The molecular weight excluding hydrogens is 261 g/mol. The number of hydrogen-bond donors (Lipinski definition) is 1. The SMILES string of the molecule is O=C1CCC(c2ccc(Cl)cc2Cl)N1CCO. The molecule has 0 saturated carbocycles. The number of nitrogens with zero attached hydrogens (tertiary/aromatic N) is 1. The van der Waals surface area contributed by atoms with Gasteiger partial charge in [0.1, 0.15) is 0 Å². The lowest BCUT2D eigenvalue weighted by atomic mass is 10.0. The third-order valence-electron chi connectivity index (χ3n) is 2.99. The summed E-state index contributed by atoms with van der Waals surface area (Å²) in [6, 6.07) is 5.25. The second-order valence-corrected chi connectivity index (χ2v) is 4.87. The van der Waals surface area contributed by atoms with Crippen molar-refractivity contribution in [3.63, 3.8) is 0 Å². The van der Waals surface area contributed by atoms with Gasteiger partial charge < -0.3 is 10.0 Å². The van der Waals surface area contributed by atoms with Gasteiger partial charge in [0.15, 0.2) is 0 Å². The maximum Gasteiger partial charge on any atom is 0.223 e. The summed E-state index contributed by atoms with van der Waals surface area (Å²) in [5.41, 5.74) is 0.898. The Bertz CT molecular complexity index is 437. The first-order chi connectivity index (χ1) is 8.13. The fourth-order valence-electron chi connectivity index (χ4n) is 2.22. The topological polar surface area (TPSA) is 40.5 Å². The fourth-order valence-corrected chi connectivity index (χ4v) is 2.75. The van der Waals surface area contributed by atoms with E-state index in [0.717, 1.165) is 12.0 Å². The van der Waals surface area contributed by atoms with Crippen molar-refractivity contribution in [3.05, 3.63) is 33.8 Å². The molecule has 5 heteroatoms. The Morgan fingerprint density at radius 3 is 2.82 bits per heavy atom. The number of hydrogen-bond acceptors (Lipinski definition) is 2. The highest BCUT2D eigenvalue weighted by atomic mass is 35.5. The summed E-state index contributed by atoms with van der Waals surface area (Å²) >= 11 is 12.0. The van der Waals surface area contributed by atoms with Gasteiger partial charge in [0, 0.05) is 23.0 Å². The van der Waals surface area contributed by atoms with E-state index >= 15 is 0 Å². The molecule has 1 amide bonds. The molecule has 0 radical (unpaired) electrons. The zero-order chi connectivity index (χ0) is 12.4. The van der Waals surface area contributed by atoms with Gasteiger partial charge in [-0.2, -0.15) is 0 Å². The summed E-state index contributed by atoms with van der Waals surface area (Å²) in [7, 11) is 0. The monoisotopic (exact) mass is 273 g/mol. The van der Waals surface area contributed by atoms with Crippen molar-refractivity contribution in [1.29, 1.82) is 0 Å². The summed E-state index contributed by atoms with van der Waals surface area (Å²) in [5.74, 6) is 0.0649. The second kappa shape index (κ2) is 5.25. The van der Waals surface area contributed by atoms with Gasteiger partial charge in [-0.1, -0.05) is 29.3 Å². The van der Waals surface area contributed by atoms with Crippen molar-refractivity contribution in [1.82, 2.24) is 4.90 Å². The van der Waals surface area contributed by atoms with Gasteiger partial charge in [-0.05, 0) is 24.1 Å². The van der Waals surface area contributed by atoms with E-state index in [-0.39, 0.29) is 18.6 Å². The number of rotatable bonds is 3. The van der Waals surface area contributed by atoms with E-state index in [0.29, 0.717) is 23.0 Å². The third kappa shape index (κ3) is 2.57. The Kier molecular flexibility index (Phi) is 3.92. The normalized spacial score (nSPS) is 20.1. The lowest BCUT2D eigenvalue weighted by Crippen LogP contribution is -2.30. The summed E-state index contributed by atoms with van der Waals surface area (Å²) in [6.07, 6.45) is 1.24. The summed E-state index contributed by atoms with van der Waals surface area (Å²) < 4.78 is 0. The van der Waals surface area contributed by atoms with E-state index in [1.807, 2.05) is 6.07 Å². The first-order valence-electron chi connectivity index (χ1n) is 5.48. The Balaban J connectivity index is 2.29. The number of benzene rings is 1. The van der Waals surface area contributed by atoms with Crippen LogP contribution in [0, 0.1) is 0 Å². The molecule has 1 unspecified atom stereocenters. The second-order valence-electron chi connectivity index (χ2n) is 4.03. The van der Waals surface area contributed by atoms with Crippen LogP contribution in [-0.2, 0) is 4.79 Å². The number of amides is 1. The fraction of sp³-hybridized carbons (Fsp3) is 0.417. The predicted octanol–water partition coefficient (Wildman–Crippen LogP) is 2.65. The van der Waals surface area contributed by atoms with Gasteiger partial charge >= 0.3 is 0 Å². The van der Waals surface area contributed by atoms with Crippen molar-refractivity contribution in [3.8, 4) is 0 Å². The minimum atomic E-state index is -0.0422. The van der Waals surface area contributed by atoms with Gasteiger partial charge in [-0.15, -0.1) is 0 Å². The largest absolute Gasteiger partial charge is 0.395 e. The average molecular weight is 274 g/mol. The molecule has 1 heterocycles. The van der Waals surface area contributed by atoms with Crippen LogP contribution in [0.1, 0.15) is 24.4 Å². The van der Waals surface area contributed by atoms with Gasteiger partial charge in [0.25, 0.3) is 0 Å². The number of aliphatic hydroxyl groups is 1. The van der Waals surface area contributed by atoms with Crippen molar-refractivity contribution in [2.24, 2.45) is 0 Å². The number of halogens is 2. The van der Waals surface area contributed by atoms with Gasteiger partial charge in [0.05, 0.1) is 12.6 Å². The average Bonchev–Trinajstić information content (AvgIpc) is 2.62. The van der Waals surface area contributed by atoms with Crippen LogP contribution in [-0.4, -0.2) is 29.1 Å². The van der Waals surface area contributed by atoms with E-state index in [9.17, 15) is 4.79 Å². The standard InChI is InChI=1S/C12H13Cl2NO2/c13-8-1-2-9(10(14)7-8)11-3-4-12(17)15(11)5-6-16/h1-2,7,11,16H,3-6H2. The zero-order valence-electron chi connectivity index (χ0n) is 9.20. The first kappa shape index (κ1) is 12.7. The summed E-state index contributed by atoms with van der Waals surface area (Å²) in [6.45, 7) is 0.315. The molecule has 1 aromatic rings. The molecule has 3 nitrogen and oxygen atoms in total. The minimum Gasteiger partial charge on any atom is -0.395 e. The van der Waals surface area contributed by atoms with E-state index in [1.165, 1.54) is 0 Å². The van der Waals surface area contributed by atoms with Crippen molar-refractivity contribution < 1.29 is 9.90 Å². The van der Waals surface area contributed by atoms with E-state index in [1.54, 1.807) is 17.0 Å². The van der Waals surface area contributed by atoms with Crippen molar-refractivity contribution >= 4 is 29.1 Å². The maximum atomic E-state index is 11.7. The van der Waals surface area contributed by atoms with E-state index < -0.39 is 0 Å². The van der Waals surface area contributed by atoms with Crippen LogP contribution >= 0.6 is 23.2 Å². The lowest BCUT2D eigenvalue weighted by molar-refractivity contribution is -0.129. The summed E-state index contributed by atoms with van der Waals surface area (Å²) in [4.78, 5) is 13.3. The Labute approximate surface area is 110 Å². The Morgan fingerprint density at radius 1 is 1.41 bits per heavy atom. The van der Waals surface area contributed by atoms with Crippen molar-refractivity contribution in [2.75, 3.05) is 13.2 Å². The molecule has 0 bridgehead atoms. The molecule has 0 spiro atoms. The quantitative estimate of drug-likeness (QED) is 0.920. The minimum absolute atomic E-state index is 0.0343. The number of likely N-dealkylation sites (tertiary alicyclic amines) is 1. The van der Waals surface area contributed by atoms with Gasteiger partial charge in [-0.3, -0.25) is 4.79 Å². The molecule has 1 aliphatic heterocycles. The molecule has 1 aromatic carbocycles. The molecule has 1 saturated heterocycles. The number of carbonyl (C=O) groups excluding carboxylic acids is 1. The van der Waals surface area contributed by atoms with Crippen LogP contribution in [0.5, 0.6) is 0 Å². The smallest absolute Gasteiger partial charge is 0.223 e. The van der Waals surface area contributed by atoms with Crippen LogP contribution in [0.15, 0.2) is 18.2 Å². The molecule has 17 heavy (non-hydrogen) atoms. The molecular formula is C12H13Cl2NO2. The molecule has 0 aliphatic carbocycles. The highest BCUT2D eigenvalue weighted by Gasteiger charge is 2.32. The van der Waals surface area contributed by atoms with Crippen LogP contribution in [0.4, 0.5) is 0 Å². The Hall–Kier alpha value is -0.770. The van der Waals surface area contributed by atoms with Crippen LogP contribution in [0.2, 0.25) is 10.0 Å². The predicted molar refractivity (Wildman–Crippen MR) is 67.2 cm³/mol. The van der Waals surface area contributed by atoms with Gasteiger partial charge in [-0.25, -0.2) is 0 Å². The van der Waals surface area contributed by atoms with E-state index in [2.05, 4.69) is 0 Å². The summed E-state index contributed by atoms with van der Waals surface area (Å²) in [5, 5.41) is 10.1. The van der Waals surface area contributed by atoms with Crippen LogP contribution < -0.4 is 0 Å². The first-order valence-corrected chi connectivity index (χ1v) is 6.24. The van der Waals surface area contributed by atoms with Crippen molar-refractivity contribution in [2.45, 2.75) is 18.9 Å². The zero-order valence-corrected chi connectivity index (χ0v) is 10.7. The Morgan fingerprint density at radius 2 is 2.18 bits per heavy atom. The molecule has 92 valence electrons. The highest BCUT2D eigenvalue weighted by Crippen LogP contribution is 2.37. The molecule has 0 aromatic heterocycles. The molecule has 1 fully saturated rings. The number of β-amino-alcohol motifs (C(OH)–C–C–N with tert-alkyl or cyclic N) is 1. The number of carbonyl (C=O) groups is 1. The molecule has 1 N–H and O–H groups in total. The van der Waals surface area contributed by atoms with Crippen LogP contribution in [0.25, 0.3) is 0 Å². The lowest BCUT2D eigenvalue weighted by Gasteiger charge is -2.25. The molecule has 1 aliphatic rings. The van der Waals surface area contributed by atoms with Gasteiger partial charge in [0.2, 0.25) is 5.91 Å². The molecule has 1 atom stereocenters. The van der Waals surface area contributed by atoms with Crippen LogP contribution in [0.3, 0.4) is 0 Å². The van der Waals surface area contributed by atoms with E-state index in [4.69, 9.17) is 28.3 Å².